The van der Waals surface area contributed by atoms with Crippen molar-refractivity contribution in [3.63, 3.8) is 0 Å². The third-order valence-electron chi connectivity index (χ3n) is 2.57. The van der Waals surface area contributed by atoms with Crippen molar-refractivity contribution in [2.75, 3.05) is 7.05 Å². The monoisotopic (exact) mass is 266 g/mol. The average molecular weight is 267 g/mol. The molecule has 1 heterocycles. The number of aromatic nitrogens is 1. The van der Waals surface area contributed by atoms with Crippen molar-refractivity contribution in [1.82, 2.24) is 10.3 Å². The fraction of sp³-hybridized carbons (Fsp3) is 0.154. The molecule has 0 radical (unpaired) electrons. The number of rotatable bonds is 3. The van der Waals surface area contributed by atoms with E-state index in [0.717, 1.165) is 11.3 Å². The molecule has 0 aliphatic rings. The molecule has 0 spiro atoms. The summed E-state index contributed by atoms with van der Waals surface area (Å²) in [6, 6.07) is 11.2. The molecule has 17 heavy (non-hydrogen) atoms. The topological polar surface area (TPSA) is 24.9 Å². The first-order valence-corrected chi connectivity index (χ1v) is 6.01. The summed E-state index contributed by atoms with van der Waals surface area (Å²) in [6.07, 6.45) is 1.72. The van der Waals surface area contributed by atoms with E-state index in [1.54, 1.807) is 6.20 Å². The highest BCUT2D eigenvalue weighted by Crippen LogP contribution is 2.30. The number of halogens is 2. The normalized spacial score (nSPS) is 12.4. The predicted octanol–water partition coefficient (Wildman–Crippen LogP) is 3.70. The third kappa shape index (κ3) is 2.60. The number of benzene rings is 1. The first kappa shape index (κ1) is 12.4. The van der Waals surface area contributed by atoms with Gasteiger partial charge in [-0.05, 0) is 30.8 Å². The van der Waals surface area contributed by atoms with Gasteiger partial charge in [0.15, 0.2) is 0 Å². The van der Waals surface area contributed by atoms with Gasteiger partial charge in [-0.1, -0.05) is 41.4 Å². The van der Waals surface area contributed by atoms with E-state index in [1.165, 1.54) is 0 Å². The second kappa shape index (κ2) is 5.50. The second-order valence-corrected chi connectivity index (χ2v) is 4.43. The van der Waals surface area contributed by atoms with Crippen LogP contribution in [0.5, 0.6) is 0 Å². The van der Waals surface area contributed by atoms with Crippen molar-refractivity contribution < 1.29 is 0 Å². The number of hydrogen-bond donors (Lipinski definition) is 1. The van der Waals surface area contributed by atoms with Gasteiger partial charge in [-0.3, -0.25) is 4.98 Å². The molecule has 0 aliphatic carbocycles. The summed E-state index contributed by atoms with van der Waals surface area (Å²) in [6.45, 7) is 0. The Bertz CT molecular complexity index is 469. The van der Waals surface area contributed by atoms with Gasteiger partial charge in [0.1, 0.15) is 0 Å². The lowest BCUT2D eigenvalue weighted by Gasteiger charge is -2.18. The molecule has 0 saturated heterocycles. The summed E-state index contributed by atoms with van der Waals surface area (Å²) >= 11 is 12.3. The Kier molecular flexibility index (Phi) is 4.00. The Morgan fingerprint density at radius 1 is 1.06 bits per heavy atom. The smallest absolute Gasteiger partial charge is 0.0804 e. The Morgan fingerprint density at radius 3 is 2.41 bits per heavy atom. The van der Waals surface area contributed by atoms with E-state index in [1.807, 2.05) is 43.4 Å². The van der Waals surface area contributed by atoms with E-state index in [2.05, 4.69) is 10.3 Å². The van der Waals surface area contributed by atoms with E-state index in [0.29, 0.717) is 10.0 Å². The van der Waals surface area contributed by atoms with Gasteiger partial charge in [0.05, 0.1) is 16.8 Å². The van der Waals surface area contributed by atoms with Gasteiger partial charge in [-0.15, -0.1) is 0 Å². The van der Waals surface area contributed by atoms with Crippen molar-refractivity contribution in [2.45, 2.75) is 6.04 Å². The minimum Gasteiger partial charge on any atom is -0.308 e. The molecular weight excluding hydrogens is 255 g/mol. The Labute approximate surface area is 111 Å². The van der Waals surface area contributed by atoms with Crippen LogP contribution in [-0.4, -0.2) is 12.0 Å². The van der Waals surface area contributed by atoms with Crippen molar-refractivity contribution in [3.8, 4) is 0 Å². The van der Waals surface area contributed by atoms with Crippen molar-refractivity contribution in [1.29, 1.82) is 0 Å². The molecule has 0 aliphatic heterocycles. The quantitative estimate of drug-likeness (QED) is 0.917. The van der Waals surface area contributed by atoms with Crippen LogP contribution in [0, 0.1) is 0 Å². The number of pyridine rings is 1. The lowest BCUT2D eigenvalue weighted by Crippen LogP contribution is -2.19. The summed E-state index contributed by atoms with van der Waals surface area (Å²) in [7, 11) is 1.86. The number of nitrogens with zero attached hydrogens (tertiary/aromatic N) is 1. The standard InChI is InChI=1S/C13H12Cl2N2/c1-16-12(9-5-2-3-6-10(9)14)13-11(15)7-4-8-17-13/h2-8,12,16H,1H3. The lowest BCUT2D eigenvalue weighted by atomic mass is 10.0. The van der Waals surface area contributed by atoms with Crippen LogP contribution in [0.15, 0.2) is 42.6 Å². The fourth-order valence-electron chi connectivity index (χ4n) is 1.76. The fourth-order valence-corrected chi connectivity index (χ4v) is 2.23. The van der Waals surface area contributed by atoms with Crippen LogP contribution < -0.4 is 5.32 Å². The Morgan fingerprint density at radius 2 is 1.76 bits per heavy atom. The van der Waals surface area contributed by atoms with E-state index in [9.17, 15) is 0 Å². The lowest BCUT2D eigenvalue weighted by molar-refractivity contribution is 0.671. The molecule has 1 aromatic heterocycles. The van der Waals surface area contributed by atoms with Crippen LogP contribution in [-0.2, 0) is 0 Å². The van der Waals surface area contributed by atoms with Gasteiger partial charge in [-0.2, -0.15) is 0 Å². The maximum atomic E-state index is 6.19. The zero-order valence-corrected chi connectivity index (χ0v) is 10.8. The molecule has 0 fully saturated rings. The predicted molar refractivity (Wildman–Crippen MR) is 71.6 cm³/mol. The highest BCUT2D eigenvalue weighted by atomic mass is 35.5. The van der Waals surface area contributed by atoms with Gasteiger partial charge in [0.25, 0.3) is 0 Å². The highest BCUT2D eigenvalue weighted by Gasteiger charge is 2.18. The highest BCUT2D eigenvalue weighted by molar-refractivity contribution is 6.32. The van der Waals surface area contributed by atoms with Gasteiger partial charge in [-0.25, -0.2) is 0 Å². The largest absolute Gasteiger partial charge is 0.308 e. The summed E-state index contributed by atoms with van der Waals surface area (Å²) in [5.41, 5.74) is 1.75. The van der Waals surface area contributed by atoms with Crippen LogP contribution >= 0.6 is 23.2 Å². The maximum absolute atomic E-state index is 6.19. The number of hydrogen-bond acceptors (Lipinski definition) is 2. The molecule has 1 unspecified atom stereocenters. The zero-order valence-electron chi connectivity index (χ0n) is 9.32. The first-order chi connectivity index (χ1) is 8.24. The van der Waals surface area contributed by atoms with E-state index in [4.69, 9.17) is 23.2 Å². The molecule has 0 saturated carbocycles. The van der Waals surface area contributed by atoms with Crippen LogP contribution in [0.1, 0.15) is 17.3 Å². The van der Waals surface area contributed by atoms with Gasteiger partial charge in [0, 0.05) is 11.2 Å². The molecule has 1 N–H and O–H groups in total. The van der Waals surface area contributed by atoms with E-state index < -0.39 is 0 Å². The average Bonchev–Trinajstić information content (AvgIpc) is 2.34. The summed E-state index contributed by atoms with van der Waals surface area (Å²) < 4.78 is 0. The van der Waals surface area contributed by atoms with Crippen molar-refractivity contribution >= 4 is 23.2 Å². The molecular formula is C13H12Cl2N2. The summed E-state index contributed by atoms with van der Waals surface area (Å²) in [5.74, 6) is 0. The molecule has 88 valence electrons. The zero-order chi connectivity index (χ0) is 12.3. The molecule has 0 bridgehead atoms. The van der Waals surface area contributed by atoms with Crippen molar-refractivity contribution in [2.24, 2.45) is 0 Å². The molecule has 4 heteroatoms. The van der Waals surface area contributed by atoms with Crippen LogP contribution in [0.4, 0.5) is 0 Å². The van der Waals surface area contributed by atoms with E-state index in [-0.39, 0.29) is 6.04 Å². The molecule has 1 aromatic carbocycles. The Hall–Kier alpha value is -1.09. The molecule has 0 amide bonds. The number of nitrogens with one attached hydrogen (secondary N) is 1. The van der Waals surface area contributed by atoms with Crippen LogP contribution in [0.3, 0.4) is 0 Å². The van der Waals surface area contributed by atoms with Gasteiger partial charge >= 0.3 is 0 Å². The third-order valence-corrected chi connectivity index (χ3v) is 3.23. The second-order valence-electron chi connectivity index (χ2n) is 3.61. The maximum Gasteiger partial charge on any atom is 0.0804 e. The minimum atomic E-state index is -0.0996. The molecule has 1 atom stereocenters. The van der Waals surface area contributed by atoms with Gasteiger partial charge in [0.2, 0.25) is 0 Å². The SMILES string of the molecule is CNC(c1ccccc1Cl)c1ncccc1Cl. The van der Waals surface area contributed by atoms with Crippen LogP contribution in [0.25, 0.3) is 0 Å². The summed E-state index contributed by atoms with van der Waals surface area (Å²) in [5, 5.41) is 4.52. The van der Waals surface area contributed by atoms with E-state index >= 15 is 0 Å². The molecule has 2 aromatic rings. The molecule has 2 nitrogen and oxygen atoms in total. The minimum absolute atomic E-state index is 0.0996. The first-order valence-electron chi connectivity index (χ1n) is 5.26. The summed E-state index contributed by atoms with van der Waals surface area (Å²) in [4.78, 5) is 4.31. The van der Waals surface area contributed by atoms with Gasteiger partial charge < -0.3 is 5.32 Å². The Balaban J connectivity index is 2.48. The van der Waals surface area contributed by atoms with Crippen LogP contribution in [0.2, 0.25) is 10.0 Å². The van der Waals surface area contributed by atoms with Crippen molar-refractivity contribution in [3.05, 3.63) is 63.9 Å². The molecule has 2 rings (SSSR count).